The molecule has 2 aromatic rings. The van der Waals surface area contributed by atoms with Crippen molar-refractivity contribution in [3.05, 3.63) is 68.4 Å². The maximum absolute atomic E-state index is 13.2. The minimum absolute atomic E-state index is 0.201. The van der Waals surface area contributed by atoms with Gasteiger partial charge in [-0.3, -0.25) is 0 Å². The van der Waals surface area contributed by atoms with E-state index in [9.17, 15) is 9.50 Å². The van der Waals surface area contributed by atoms with Crippen molar-refractivity contribution >= 4 is 27.5 Å². The van der Waals surface area contributed by atoms with E-state index in [1.807, 2.05) is 25.1 Å². The Hall–Kier alpha value is -0.940. The van der Waals surface area contributed by atoms with Crippen molar-refractivity contribution < 1.29 is 9.50 Å². The first-order chi connectivity index (χ1) is 9.95. The maximum Gasteiger partial charge on any atom is 0.124 e. The summed E-state index contributed by atoms with van der Waals surface area (Å²) in [6.07, 6.45) is -0.827. The predicted octanol–water partition coefficient (Wildman–Crippen LogP) is 4.33. The van der Waals surface area contributed by atoms with Crippen molar-refractivity contribution in [3.8, 4) is 0 Å². The first-order valence-electron chi connectivity index (χ1n) is 6.53. The first kappa shape index (κ1) is 16.4. The van der Waals surface area contributed by atoms with E-state index in [1.54, 1.807) is 6.07 Å². The van der Waals surface area contributed by atoms with E-state index in [2.05, 4.69) is 15.9 Å². The Kier molecular flexibility index (Phi) is 5.38. The van der Waals surface area contributed by atoms with Gasteiger partial charge in [-0.05, 0) is 35.7 Å². The van der Waals surface area contributed by atoms with Gasteiger partial charge in [-0.2, -0.15) is 0 Å². The summed E-state index contributed by atoms with van der Waals surface area (Å²) in [6.45, 7) is 2.15. The van der Waals surface area contributed by atoms with E-state index in [4.69, 9.17) is 17.3 Å². The molecule has 112 valence electrons. The van der Waals surface area contributed by atoms with Gasteiger partial charge in [0, 0.05) is 22.0 Å². The fourth-order valence-corrected chi connectivity index (χ4v) is 3.15. The number of nitrogens with two attached hydrogens (primary N) is 1. The molecule has 3 N–H and O–H groups in total. The summed E-state index contributed by atoms with van der Waals surface area (Å²) in [4.78, 5) is 0. The Morgan fingerprint density at radius 3 is 2.62 bits per heavy atom. The molecule has 0 aliphatic carbocycles. The van der Waals surface area contributed by atoms with Crippen molar-refractivity contribution in [1.82, 2.24) is 0 Å². The smallest absolute Gasteiger partial charge is 0.124 e. The van der Waals surface area contributed by atoms with Crippen LogP contribution in [0, 0.1) is 12.7 Å². The minimum atomic E-state index is -0.827. The van der Waals surface area contributed by atoms with Gasteiger partial charge in [-0.25, -0.2) is 4.39 Å². The van der Waals surface area contributed by atoms with E-state index in [1.165, 1.54) is 12.1 Å². The molecule has 0 radical (unpaired) electrons. The van der Waals surface area contributed by atoms with Gasteiger partial charge in [0.05, 0.1) is 6.10 Å². The van der Waals surface area contributed by atoms with Crippen LogP contribution in [0.15, 0.2) is 40.9 Å². The van der Waals surface area contributed by atoms with E-state index in [-0.39, 0.29) is 11.6 Å². The summed E-state index contributed by atoms with van der Waals surface area (Å²) in [7, 11) is 0. The zero-order valence-corrected chi connectivity index (χ0v) is 13.8. The van der Waals surface area contributed by atoms with Crippen molar-refractivity contribution in [1.29, 1.82) is 0 Å². The van der Waals surface area contributed by atoms with Crippen LogP contribution in [0.2, 0.25) is 5.02 Å². The van der Waals surface area contributed by atoms with Gasteiger partial charge < -0.3 is 10.8 Å². The summed E-state index contributed by atoms with van der Waals surface area (Å²) in [6, 6.07) is 9.78. The third-order valence-corrected chi connectivity index (χ3v) is 4.95. The third kappa shape index (κ3) is 3.46. The lowest BCUT2D eigenvalue weighted by atomic mass is 9.88. The predicted molar refractivity (Wildman–Crippen MR) is 87.0 cm³/mol. The lowest BCUT2D eigenvalue weighted by Gasteiger charge is -2.24. The maximum atomic E-state index is 13.2. The van der Waals surface area contributed by atoms with Crippen molar-refractivity contribution in [2.75, 3.05) is 6.54 Å². The fraction of sp³-hybridized carbons (Fsp3) is 0.250. The highest BCUT2D eigenvalue weighted by molar-refractivity contribution is 9.10. The van der Waals surface area contributed by atoms with Crippen molar-refractivity contribution in [2.24, 2.45) is 5.73 Å². The molecule has 0 aromatic heterocycles. The van der Waals surface area contributed by atoms with Crippen LogP contribution in [-0.2, 0) is 0 Å². The molecular weight excluding hydrogens is 357 g/mol. The minimum Gasteiger partial charge on any atom is -0.388 e. The van der Waals surface area contributed by atoms with Crippen molar-refractivity contribution in [3.63, 3.8) is 0 Å². The number of aliphatic hydroxyl groups excluding tert-OH is 1. The third-order valence-electron chi connectivity index (χ3n) is 3.54. The average Bonchev–Trinajstić information content (AvgIpc) is 2.44. The molecule has 0 aliphatic rings. The van der Waals surface area contributed by atoms with Crippen LogP contribution in [0.3, 0.4) is 0 Å². The summed E-state index contributed by atoms with van der Waals surface area (Å²) in [5.41, 5.74) is 8.21. The van der Waals surface area contributed by atoms with Crippen LogP contribution >= 0.6 is 27.5 Å². The molecule has 0 amide bonds. The monoisotopic (exact) mass is 371 g/mol. The molecule has 0 aliphatic heterocycles. The van der Waals surface area contributed by atoms with Crippen LogP contribution in [0.4, 0.5) is 4.39 Å². The zero-order valence-electron chi connectivity index (χ0n) is 11.5. The van der Waals surface area contributed by atoms with E-state index < -0.39 is 17.8 Å². The molecular formula is C16H16BrClFNO. The molecule has 0 bridgehead atoms. The standard InChI is InChI=1S/C16H16BrClFNO/c1-9-3-2-4-12(15(9)17)16(21)13(8-20)11-6-5-10(19)7-14(11)18/h2-7,13,16,21H,8,20H2,1H3. The molecule has 5 heteroatoms. The van der Waals surface area contributed by atoms with Gasteiger partial charge in [0.25, 0.3) is 0 Å². The Morgan fingerprint density at radius 1 is 1.29 bits per heavy atom. The Balaban J connectivity index is 2.43. The van der Waals surface area contributed by atoms with Crippen LogP contribution in [-0.4, -0.2) is 11.7 Å². The summed E-state index contributed by atoms with van der Waals surface area (Å²) in [5, 5.41) is 10.9. The Labute approximate surface area is 136 Å². The number of rotatable bonds is 4. The van der Waals surface area contributed by atoms with Gasteiger partial charge in [0.15, 0.2) is 0 Å². The van der Waals surface area contributed by atoms with Crippen LogP contribution in [0.25, 0.3) is 0 Å². The SMILES string of the molecule is Cc1cccc(C(O)C(CN)c2ccc(F)cc2Cl)c1Br. The van der Waals surface area contributed by atoms with Crippen molar-refractivity contribution in [2.45, 2.75) is 18.9 Å². The molecule has 0 heterocycles. The van der Waals surface area contributed by atoms with Gasteiger partial charge >= 0.3 is 0 Å². The normalized spacial score (nSPS) is 14.0. The van der Waals surface area contributed by atoms with Crippen LogP contribution in [0.1, 0.15) is 28.7 Å². The second-order valence-corrected chi connectivity index (χ2v) is 6.13. The van der Waals surface area contributed by atoms with Gasteiger partial charge in [-0.1, -0.05) is 51.8 Å². The molecule has 2 rings (SSSR count). The molecule has 0 saturated carbocycles. The number of hydrogen-bond donors (Lipinski definition) is 2. The second kappa shape index (κ2) is 6.88. The quantitative estimate of drug-likeness (QED) is 0.839. The molecule has 2 atom stereocenters. The molecule has 2 unspecified atom stereocenters. The van der Waals surface area contributed by atoms with Crippen LogP contribution < -0.4 is 5.73 Å². The van der Waals surface area contributed by atoms with E-state index in [0.717, 1.165) is 15.6 Å². The van der Waals surface area contributed by atoms with Gasteiger partial charge in [0.1, 0.15) is 5.82 Å². The van der Waals surface area contributed by atoms with E-state index >= 15 is 0 Å². The number of halogens is 3. The topological polar surface area (TPSA) is 46.2 Å². The largest absolute Gasteiger partial charge is 0.388 e. The number of aryl methyl sites for hydroxylation is 1. The molecule has 0 saturated heterocycles. The number of benzene rings is 2. The summed E-state index contributed by atoms with van der Waals surface area (Å²) in [5.74, 6) is -0.818. The summed E-state index contributed by atoms with van der Waals surface area (Å²) < 4.78 is 14.0. The Bertz CT molecular complexity index is 650. The molecule has 2 nitrogen and oxygen atoms in total. The number of hydrogen-bond acceptors (Lipinski definition) is 2. The average molecular weight is 373 g/mol. The lowest BCUT2D eigenvalue weighted by Crippen LogP contribution is -2.21. The van der Waals surface area contributed by atoms with Gasteiger partial charge in [0.2, 0.25) is 0 Å². The van der Waals surface area contributed by atoms with Gasteiger partial charge in [-0.15, -0.1) is 0 Å². The molecule has 0 spiro atoms. The first-order valence-corrected chi connectivity index (χ1v) is 7.71. The highest BCUT2D eigenvalue weighted by Crippen LogP contribution is 2.37. The number of aliphatic hydroxyl groups is 1. The summed E-state index contributed by atoms with van der Waals surface area (Å²) >= 11 is 9.57. The molecule has 0 fully saturated rings. The fourth-order valence-electron chi connectivity index (χ4n) is 2.34. The highest BCUT2D eigenvalue weighted by atomic mass is 79.9. The van der Waals surface area contributed by atoms with Crippen LogP contribution in [0.5, 0.6) is 0 Å². The van der Waals surface area contributed by atoms with E-state index in [0.29, 0.717) is 5.56 Å². The second-order valence-electron chi connectivity index (χ2n) is 4.93. The molecule has 2 aromatic carbocycles. The molecule has 21 heavy (non-hydrogen) atoms. The highest BCUT2D eigenvalue weighted by Gasteiger charge is 2.25. The Morgan fingerprint density at radius 2 is 2.00 bits per heavy atom. The zero-order chi connectivity index (χ0) is 15.6. The lowest BCUT2D eigenvalue weighted by molar-refractivity contribution is 0.146.